The summed E-state index contributed by atoms with van der Waals surface area (Å²) >= 11 is 0. The summed E-state index contributed by atoms with van der Waals surface area (Å²) in [5.74, 6) is 1.39. The van der Waals surface area contributed by atoms with E-state index in [0.717, 1.165) is 53.3 Å². The highest BCUT2D eigenvalue weighted by atomic mass is 19.1. The fraction of sp³-hybridized carbons (Fsp3) is 0.500. The van der Waals surface area contributed by atoms with Crippen LogP contribution in [0.4, 0.5) is 21.0 Å². The number of hydrogen-bond acceptors (Lipinski definition) is 7. The van der Waals surface area contributed by atoms with E-state index in [1.165, 1.54) is 0 Å². The minimum absolute atomic E-state index is 0.0857. The highest BCUT2D eigenvalue weighted by Gasteiger charge is 2.58. The number of hydrogen-bond donors (Lipinski definition) is 3. The molecule has 0 aromatic carbocycles. The van der Waals surface area contributed by atoms with Crippen molar-refractivity contribution in [1.29, 1.82) is 0 Å². The van der Waals surface area contributed by atoms with E-state index in [2.05, 4.69) is 30.9 Å². The monoisotopic (exact) mass is 519 g/mol. The van der Waals surface area contributed by atoms with Gasteiger partial charge in [-0.1, -0.05) is 0 Å². The van der Waals surface area contributed by atoms with Crippen LogP contribution in [-0.4, -0.2) is 58.3 Å². The van der Waals surface area contributed by atoms with Crippen LogP contribution in [0, 0.1) is 19.8 Å². The molecule has 0 saturated heterocycles. The maximum atomic E-state index is 15.3. The van der Waals surface area contributed by atoms with Gasteiger partial charge in [0.1, 0.15) is 17.9 Å². The summed E-state index contributed by atoms with van der Waals surface area (Å²) in [7, 11) is 1.90. The first-order valence-corrected chi connectivity index (χ1v) is 13.1. The van der Waals surface area contributed by atoms with E-state index in [-0.39, 0.29) is 5.54 Å². The molecule has 4 aromatic rings. The third-order valence-electron chi connectivity index (χ3n) is 8.64. The molecule has 198 valence electrons. The van der Waals surface area contributed by atoms with E-state index < -0.39 is 24.3 Å². The van der Waals surface area contributed by atoms with Crippen LogP contribution >= 0.6 is 0 Å². The van der Waals surface area contributed by atoms with Crippen LogP contribution in [0.15, 0.2) is 24.7 Å². The average Bonchev–Trinajstić information content (AvgIpc) is 3.62. The number of carbonyl (C=O) groups is 1. The number of carbonyl (C=O) groups excluding carboxylic acids is 1. The second kappa shape index (κ2) is 8.27. The zero-order valence-electron chi connectivity index (χ0n) is 21.5. The number of halogens is 1. The minimum atomic E-state index is -1.30. The van der Waals surface area contributed by atoms with Crippen molar-refractivity contribution >= 4 is 23.5 Å². The summed E-state index contributed by atoms with van der Waals surface area (Å²) in [5, 5.41) is 17.9. The topological polar surface area (TPSA) is 127 Å². The van der Waals surface area contributed by atoms with E-state index in [0.29, 0.717) is 30.3 Å². The van der Waals surface area contributed by atoms with Crippen LogP contribution in [0.2, 0.25) is 0 Å². The van der Waals surface area contributed by atoms with Gasteiger partial charge < -0.3 is 15.4 Å². The molecule has 12 heteroatoms. The Hall–Kier alpha value is -3.96. The van der Waals surface area contributed by atoms with Gasteiger partial charge in [0.05, 0.1) is 11.9 Å². The summed E-state index contributed by atoms with van der Waals surface area (Å²) in [6.45, 7) is 3.95. The molecule has 4 fully saturated rings. The molecule has 38 heavy (non-hydrogen) atoms. The molecule has 0 unspecified atom stereocenters. The van der Waals surface area contributed by atoms with Gasteiger partial charge in [-0.15, -0.1) is 0 Å². The smallest absolute Gasteiger partial charge is 0.407 e. The number of anilines is 2. The van der Waals surface area contributed by atoms with Crippen LogP contribution in [0.5, 0.6) is 0 Å². The summed E-state index contributed by atoms with van der Waals surface area (Å²) < 4.78 is 24.5. The van der Waals surface area contributed by atoms with Gasteiger partial charge >= 0.3 is 6.09 Å². The number of aromatic nitrogens is 7. The Morgan fingerprint density at radius 1 is 1.26 bits per heavy atom. The van der Waals surface area contributed by atoms with E-state index >= 15 is 4.39 Å². The molecule has 0 radical (unpaired) electrons. The number of ether oxygens (including phenoxy) is 1. The van der Waals surface area contributed by atoms with E-state index in [4.69, 9.17) is 9.72 Å². The van der Waals surface area contributed by atoms with Gasteiger partial charge in [0.15, 0.2) is 5.82 Å². The van der Waals surface area contributed by atoms with Crippen molar-refractivity contribution in [3.63, 3.8) is 0 Å². The summed E-state index contributed by atoms with van der Waals surface area (Å²) in [4.78, 5) is 21.7. The fourth-order valence-corrected chi connectivity index (χ4v) is 6.33. The number of aromatic amines is 1. The Labute approximate surface area is 218 Å². The number of fused-ring (bicyclic) bond motifs is 1. The number of nitrogens with zero attached hydrogens (tertiary/aromatic N) is 6. The number of alkyl carbamates (subject to hydrolysis) is 1. The lowest BCUT2D eigenvalue weighted by Crippen LogP contribution is -2.68. The van der Waals surface area contributed by atoms with Crippen molar-refractivity contribution in [3.05, 3.63) is 41.7 Å². The Morgan fingerprint density at radius 2 is 2.08 bits per heavy atom. The first-order chi connectivity index (χ1) is 18.3. The molecule has 4 aromatic heterocycles. The van der Waals surface area contributed by atoms with Gasteiger partial charge in [0.25, 0.3) is 0 Å². The third-order valence-corrected chi connectivity index (χ3v) is 8.64. The van der Waals surface area contributed by atoms with E-state index in [1.54, 1.807) is 12.3 Å². The van der Waals surface area contributed by atoms with Gasteiger partial charge in [-0.2, -0.15) is 10.2 Å². The van der Waals surface area contributed by atoms with Gasteiger partial charge in [0.2, 0.25) is 5.95 Å². The van der Waals surface area contributed by atoms with Crippen molar-refractivity contribution in [1.82, 2.24) is 39.7 Å². The highest BCUT2D eigenvalue weighted by molar-refractivity contribution is 5.82. The molecule has 3 N–H and O–H groups in total. The Bertz CT molecular complexity index is 1540. The molecule has 0 aliphatic heterocycles. The fourth-order valence-electron chi connectivity index (χ4n) is 6.33. The molecule has 8 rings (SSSR count). The van der Waals surface area contributed by atoms with Crippen LogP contribution in [0.25, 0.3) is 16.8 Å². The lowest BCUT2D eigenvalue weighted by Gasteiger charge is -2.61. The molecular formula is C26H30FN9O2. The molecule has 4 heterocycles. The van der Waals surface area contributed by atoms with Crippen molar-refractivity contribution in [2.75, 3.05) is 5.32 Å². The van der Waals surface area contributed by atoms with E-state index in [9.17, 15) is 4.79 Å². The standard InChI is InChI=1S/C26H30FN9O2/c1-13-21(17-12-29-35(3)14(17)2)23-28-6-7-36(23)24(30-13)31-20-8-18(33-34-20)16-4-5-19(22(16)27)38-25(37)32-26-9-15(10-26)11-26/h6-8,12,15-16,19,22H,4-5,9-11H2,1-3H3,(H,32,37)(H2,30,31,33,34)/t15?,16-,19-,22+,26?/m0/s1. The van der Waals surface area contributed by atoms with Crippen molar-refractivity contribution in [2.45, 2.75) is 69.7 Å². The van der Waals surface area contributed by atoms with Gasteiger partial charge in [-0.3, -0.25) is 14.2 Å². The number of aryl methyl sites for hydroxylation is 2. The van der Waals surface area contributed by atoms with Crippen LogP contribution in [0.3, 0.4) is 0 Å². The Morgan fingerprint density at radius 3 is 2.79 bits per heavy atom. The molecule has 0 spiro atoms. The predicted molar refractivity (Wildman–Crippen MR) is 137 cm³/mol. The van der Waals surface area contributed by atoms with Gasteiger partial charge in [-0.25, -0.2) is 19.2 Å². The maximum absolute atomic E-state index is 15.3. The first-order valence-electron chi connectivity index (χ1n) is 13.1. The number of alkyl halides is 1. The lowest BCUT2D eigenvalue weighted by atomic mass is 9.50. The second-order valence-electron chi connectivity index (χ2n) is 11.1. The summed E-state index contributed by atoms with van der Waals surface area (Å²) in [6.07, 6.45) is 6.92. The number of imidazole rings is 1. The number of nitrogens with one attached hydrogen (secondary N) is 3. The van der Waals surface area contributed by atoms with Crippen molar-refractivity contribution < 1.29 is 13.9 Å². The number of H-pyrrole nitrogens is 1. The molecular weight excluding hydrogens is 489 g/mol. The summed E-state index contributed by atoms with van der Waals surface area (Å²) in [6, 6.07) is 1.79. The van der Waals surface area contributed by atoms with Gasteiger partial charge in [-0.05, 0) is 51.9 Å². The molecule has 2 bridgehead atoms. The molecule has 3 atom stereocenters. The first kappa shape index (κ1) is 23.2. The SMILES string of the molecule is Cc1nc(Nc2cc([C@@H]3CC[C@H](OC(=O)NC45CC(C4)C5)[C@@H]3F)[nH]n2)n2ccnc2c1-c1cnn(C)c1C. The lowest BCUT2D eigenvalue weighted by molar-refractivity contribution is -0.0532. The highest BCUT2D eigenvalue weighted by Crippen LogP contribution is 2.57. The largest absolute Gasteiger partial charge is 0.443 e. The van der Waals surface area contributed by atoms with Gasteiger partial charge in [0, 0.05) is 59.5 Å². The molecule has 4 saturated carbocycles. The van der Waals surface area contributed by atoms with E-state index in [1.807, 2.05) is 42.4 Å². The second-order valence-corrected chi connectivity index (χ2v) is 11.1. The zero-order chi connectivity index (χ0) is 26.2. The van der Waals surface area contributed by atoms with Crippen LogP contribution < -0.4 is 10.6 Å². The maximum Gasteiger partial charge on any atom is 0.407 e. The predicted octanol–water partition coefficient (Wildman–Crippen LogP) is 4.08. The zero-order valence-corrected chi connectivity index (χ0v) is 21.5. The molecule has 11 nitrogen and oxygen atoms in total. The molecule has 1 amide bonds. The molecule has 4 aliphatic rings. The quantitative estimate of drug-likeness (QED) is 0.350. The number of amides is 1. The average molecular weight is 520 g/mol. The molecule has 4 aliphatic carbocycles. The van der Waals surface area contributed by atoms with Crippen molar-refractivity contribution in [2.24, 2.45) is 13.0 Å². The Balaban J connectivity index is 1.07. The third kappa shape index (κ3) is 3.57. The van der Waals surface area contributed by atoms with Crippen LogP contribution in [0.1, 0.15) is 55.1 Å². The van der Waals surface area contributed by atoms with Crippen molar-refractivity contribution in [3.8, 4) is 11.1 Å². The van der Waals surface area contributed by atoms with Crippen LogP contribution in [-0.2, 0) is 11.8 Å². The normalized spacial score (nSPS) is 27.7. The minimum Gasteiger partial charge on any atom is -0.443 e. The number of rotatable bonds is 6. The Kier molecular flexibility index (Phi) is 5.04. The summed E-state index contributed by atoms with van der Waals surface area (Å²) in [5.41, 5.74) is 5.05.